The van der Waals surface area contributed by atoms with Gasteiger partial charge in [0.2, 0.25) is 5.91 Å². The van der Waals surface area contributed by atoms with Crippen molar-refractivity contribution in [3.63, 3.8) is 0 Å². The highest BCUT2D eigenvalue weighted by Crippen LogP contribution is 2.41. The third kappa shape index (κ3) is 5.01. The van der Waals surface area contributed by atoms with Crippen molar-refractivity contribution in [3.8, 4) is 0 Å². The Morgan fingerprint density at radius 1 is 0.970 bits per heavy atom. The van der Waals surface area contributed by atoms with Gasteiger partial charge in [-0.2, -0.15) is 0 Å². The molecule has 1 amide bonds. The molecule has 4 rings (SSSR count). The van der Waals surface area contributed by atoms with Crippen LogP contribution in [0.4, 0.5) is 0 Å². The molecule has 1 heterocycles. The largest absolute Gasteiger partial charge is 0.341 e. The van der Waals surface area contributed by atoms with Crippen LogP contribution in [0.5, 0.6) is 0 Å². The van der Waals surface area contributed by atoms with Gasteiger partial charge in [-0.25, -0.2) is 0 Å². The number of amides is 1. The molecular formula is C30H34ClNO. The second-order valence-corrected chi connectivity index (χ2v) is 9.85. The van der Waals surface area contributed by atoms with Crippen molar-refractivity contribution in [2.75, 3.05) is 13.1 Å². The van der Waals surface area contributed by atoms with Crippen LogP contribution < -0.4 is 0 Å². The fourth-order valence-corrected chi connectivity index (χ4v) is 5.81. The monoisotopic (exact) mass is 459 g/mol. The zero-order chi connectivity index (χ0) is 23.3. The summed E-state index contributed by atoms with van der Waals surface area (Å²) in [6, 6.07) is 29.5. The number of carbonyl (C=O) groups is 1. The number of hydrogen-bond acceptors (Lipinski definition) is 1. The van der Waals surface area contributed by atoms with Crippen molar-refractivity contribution in [3.05, 3.63) is 107 Å². The van der Waals surface area contributed by atoms with Crippen LogP contribution in [0.2, 0.25) is 5.02 Å². The molecule has 1 aliphatic rings. The Morgan fingerprint density at radius 3 is 2.18 bits per heavy atom. The van der Waals surface area contributed by atoms with Crippen molar-refractivity contribution >= 4 is 17.5 Å². The molecule has 0 aromatic heterocycles. The molecule has 2 atom stereocenters. The van der Waals surface area contributed by atoms with Crippen molar-refractivity contribution in [1.29, 1.82) is 0 Å². The number of carbonyl (C=O) groups excluding carboxylic acids is 1. The smallest absolute Gasteiger partial charge is 0.226 e. The Balaban J connectivity index is 1.65. The molecule has 0 aliphatic carbocycles. The summed E-state index contributed by atoms with van der Waals surface area (Å²) >= 11 is 6.30. The molecule has 2 nitrogen and oxygen atoms in total. The molecule has 1 saturated heterocycles. The number of halogens is 1. The van der Waals surface area contributed by atoms with Crippen LogP contribution in [-0.4, -0.2) is 23.9 Å². The lowest BCUT2D eigenvalue weighted by atomic mass is 9.69. The minimum atomic E-state index is -0.174. The van der Waals surface area contributed by atoms with Gasteiger partial charge in [0, 0.05) is 29.4 Å². The Morgan fingerprint density at radius 2 is 1.61 bits per heavy atom. The summed E-state index contributed by atoms with van der Waals surface area (Å²) in [5.41, 5.74) is 3.58. The molecule has 0 spiro atoms. The maximum atomic E-state index is 13.9. The van der Waals surface area contributed by atoms with Crippen molar-refractivity contribution in [2.45, 2.75) is 50.9 Å². The van der Waals surface area contributed by atoms with Gasteiger partial charge in [0.15, 0.2) is 0 Å². The van der Waals surface area contributed by atoms with Gasteiger partial charge in [-0.05, 0) is 54.0 Å². The van der Waals surface area contributed by atoms with Gasteiger partial charge in [-0.3, -0.25) is 4.79 Å². The lowest BCUT2D eigenvalue weighted by molar-refractivity contribution is -0.137. The van der Waals surface area contributed by atoms with Crippen molar-refractivity contribution in [1.82, 2.24) is 4.90 Å². The number of likely N-dealkylation sites (tertiary alicyclic amines) is 1. The molecule has 0 radical (unpaired) electrons. The quantitative estimate of drug-likeness (QED) is 0.358. The highest BCUT2D eigenvalue weighted by Gasteiger charge is 2.41. The van der Waals surface area contributed by atoms with Crippen molar-refractivity contribution < 1.29 is 4.79 Å². The Bertz CT molecular complexity index is 1010. The fourth-order valence-electron chi connectivity index (χ4n) is 5.61. The van der Waals surface area contributed by atoms with Crippen LogP contribution in [0.15, 0.2) is 84.9 Å². The SMILES string of the molecule is CCCC(c1cccc(Cl)c1)C(C)C(=O)N1CCCC(c2ccccc2)(c2ccccc2)C1. The first kappa shape index (κ1) is 23.6. The predicted octanol–water partition coefficient (Wildman–Crippen LogP) is 7.47. The van der Waals surface area contributed by atoms with E-state index in [1.807, 2.05) is 18.2 Å². The van der Waals surface area contributed by atoms with E-state index in [1.165, 1.54) is 16.7 Å². The topological polar surface area (TPSA) is 20.3 Å². The van der Waals surface area contributed by atoms with Gasteiger partial charge < -0.3 is 4.90 Å². The highest BCUT2D eigenvalue weighted by atomic mass is 35.5. The summed E-state index contributed by atoms with van der Waals surface area (Å²) < 4.78 is 0. The molecule has 1 aliphatic heterocycles. The second kappa shape index (κ2) is 10.6. The van der Waals surface area contributed by atoms with Gasteiger partial charge in [0.1, 0.15) is 0 Å². The molecule has 172 valence electrons. The Hall–Kier alpha value is -2.58. The van der Waals surface area contributed by atoms with E-state index in [4.69, 9.17) is 11.6 Å². The van der Waals surface area contributed by atoms with E-state index in [0.29, 0.717) is 0 Å². The van der Waals surface area contributed by atoms with E-state index in [-0.39, 0.29) is 23.2 Å². The van der Waals surface area contributed by atoms with Gasteiger partial charge in [0.05, 0.1) is 0 Å². The maximum absolute atomic E-state index is 13.9. The molecule has 2 unspecified atom stereocenters. The first-order valence-corrected chi connectivity index (χ1v) is 12.6. The predicted molar refractivity (Wildman–Crippen MR) is 138 cm³/mol. The maximum Gasteiger partial charge on any atom is 0.226 e. The van der Waals surface area contributed by atoms with Crippen LogP contribution in [0.1, 0.15) is 62.1 Å². The third-order valence-corrected chi connectivity index (χ3v) is 7.56. The van der Waals surface area contributed by atoms with E-state index in [2.05, 4.69) is 85.5 Å². The second-order valence-electron chi connectivity index (χ2n) is 9.42. The summed E-state index contributed by atoms with van der Waals surface area (Å²) in [4.78, 5) is 16.0. The minimum absolute atomic E-state index is 0.0919. The molecule has 3 aromatic rings. The summed E-state index contributed by atoms with van der Waals surface area (Å²) in [5.74, 6) is 0.334. The molecule has 3 heteroatoms. The Labute approximate surface area is 203 Å². The van der Waals surface area contributed by atoms with Gasteiger partial charge in [-0.15, -0.1) is 0 Å². The number of rotatable bonds is 7. The molecule has 0 bridgehead atoms. The first-order chi connectivity index (χ1) is 16.0. The highest BCUT2D eigenvalue weighted by molar-refractivity contribution is 6.30. The van der Waals surface area contributed by atoms with Gasteiger partial charge in [-0.1, -0.05) is 105 Å². The van der Waals surface area contributed by atoms with Crippen LogP contribution in [0.25, 0.3) is 0 Å². The average molecular weight is 460 g/mol. The lowest BCUT2D eigenvalue weighted by Gasteiger charge is -2.45. The zero-order valence-corrected chi connectivity index (χ0v) is 20.5. The fraction of sp³-hybridized carbons (Fsp3) is 0.367. The third-order valence-electron chi connectivity index (χ3n) is 7.33. The minimum Gasteiger partial charge on any atom is -0.341 e. The molecule has 3 aromatic carbocycles. The first-order valence-electron chi connectivity index (χ1n) is 12.2. The summed E-state index contributed by atoms with van der Waals surface area (Å²) in [6.45, 7) is 5.83. The molecular weight excluding hydrogens is 426 g/mol. The molecule has 0 saturated carbocycles. The van der Waals surface area contributed by atoms with Crippen LogP contribution in [0, 0.1) is 5.92 Å². The zero-order valence-electron chi connectivity index (χ0n) is 19.7. The van der Waals surface area contributed by atoms with Crippen LogP contribution >= 0.6 is 11.6 Å². The normalized spacial score (nSPS) is 17.4. The molecule has 0 N–H and O–H groups in total. The van der Waals surface area contributed by atoms with Gasteiger partial charge >= 0.3 is 0 Å². The number of hydrogen-bond donors (Lipinski definition) is 0. The van der Waals surface area contributed by atoms with E-state index >= 15 is 0 Å². The number of benzene rings is 3. The van der Waals surface area contributed by atoms with E-state index in [1.54, 1.807) is 0 Å². The summed E-state index contributed by atoms with van der Waals surface area (Å²) in [6.07, 6.45) is 4.06. The van der Waals surface area contributed by atoms with Crippen LogP contribution in [-0.2, 0) is 10.2 Å². The van der Waals surface area contributed by atoms with E-state index < -0.39 is 0 Å². The lowest BCUT2D eigenvalue weighted by Crippen LogP contribution is -2.51. The van der Waals surface area contributed by atoms with Gasteiger partial charge in [0.25, 0.3) is 0 Å². The summed E-state index contributed by atoms with van der Waals surface area (Å²) in [7, 11) is 0. The number of piperidine rings is 1. The van der Waals surface area contributed by atoms with E-state index in [0.717, 1.165) is 43.8 Å². The average Bonchev–Trinajstić information content (AvgIpc) is 2.87. The summed E-state index contributed by atoms with van der Waals surface area (Å²) in [5, 5.41) is 0.735. The van der Waals surface area contributed by atoms with Crippen LogP contribution in [0.3, 0.4) is 0 Å². The standard InChI is InChI=1S/C30H34ClNO/c1-3-12-28(24-13-10-18-27(31)21-24)23(2)29(33)32-20-11-19-30(22-32,25-14-6-4-7-15-25)26-16-8-5-9-17-26/h4-10,13-18,21,23,28H,3,11-12,19-20,22H2,1-2H3. The van der Waals surface area contributed by atoms with Crippen molar-refractivity contribution in [2.24, 2.45) is 5.92 Å². The molecule has 33 heavy (non-hydrogen) atoms. The Kier molecular flexibility index (Phi) is 7.55. The molecule has 1 fully saturated rings. The van der Waals surface area contributed by atoms with E-state index in [9.17, 15) is 4.79 Å². The number of nitrogens with zero attached hydrogens (tertiary/aromatic N) is 1.